The molecule has 33 heavy (non-hydrogen) atoms. The molecule has 10 nitrogen and oxygen atoms in total. The number of ether oxygens (including phenoxy) is 1. The molecule has 0 radical (unpaired) electrons. The summed E-state index contributed by atoms with van der Waals surface area (Å²) < 4.78 is 9.15. The molecule has 0 bridgehead atoms. The average Bonchev–Trinajstić information content (AvgIpc) is 3.41. The maximum atomic E-state index is 5.52. The normalized spacial score (nSPS) is 14.3. The zero-order valence-electron chi connectivity index (χ0n) is 18.4. The molecular formula is C23H23N9O. The number of benzene rings is 2. The molecule has 1 fully saturated rings. The molecule has 166 valence electrons. The number of aromatic nitrogens is 7. The van der Waals surface area contributed by atoms with Crippen molar-refractivity contribution in [1.82, 2.24) is 34.7 Å². The Morgan fingerprint density at radius 3 is 2.67 bits per heavy atom. The number of fused-ring (bicyclic) bond motifs is 2. The summed E-state index contributed by atoms with van der Waals surface area (Å²) in [5.41, 5.74) is 5.63. The van der Waals surface area contributed by atoms with Gasteiger partial charge in [-0.25, -0.2) is 9.67 Å². The van der Waals surface area contributed by atoms with Crippen molar-refractivity contribution in [3.8, 4) is 11.3 Å². The average molecular weight is 441 g/mol. The molecule has 10 heteroatoms. The summed E-state index contributed by atoms with van der Waals surface area (Å²) in [5.74, 6) is 1.41. The van der Waals surface area contributed by atoms with Crippen molar-refractivity contribution >= 4 is 39.4 Å². The quantitative estimate of drug-likeness (QED) is 0.455. The Bertz CT molecular complexity index is 1470. The van der Waals surface area contributed by atoms with Crippen LogP contribution < -0.4 is 10.2 Å². The van der Waals surface area contributed by atoms with Crippen LogP contribution >= 0.6 is 0 Å². The topological polar surface area (TPSA) is 98.8 Å². The fourth-order valence-electron chi connectivity index (χ4n) is 4.11. The van der Waals surface area contributed by atoms with Gasteiger partial charge in [0.25, 0.3) is 0 Å². The zero-order chi connectivity index (χ0) is 22.4. The number of nitrogens with one attached hydrogen (secondary N) is 1. The van der Waals surface area contributed by atoms with Crippen LogP contribution in [0, 0.1) is 0 Å². The van der Waals surface area contributed by atoms with Crippen LogP contribution in [0.1, 0.15) is 0 Å². The third-order valence-electron chi connectivity index (χ3n) is 5.94. The van der Waals surface area contributed by atoms with Crippen LogP contribution in [-0.2, 0) is 18.8 Å². The number of hydrogen-bond donors (Lipinski definition) is 1. The van der Waals surface area contributed by atoms with E-state index in [2.05, 4.69) is 43.8 Å². The Balaban J connectivity index is 1.43. The van der Waals surface area contributed by atoms with Crippen LogP contribution in [-0.4, -0.2) is 61.0 Å². The number of anilines is 3. The van der Waals surface area contributed by atoms with Gasteiger partial charge in [0, 0.05) is 49.9 Å². The molecule has 1 saturated heterocycles. The van der Waals surface area contributed by atoms with Gasteiger partial charge >= 0.3 is 0 Å². The predicted molar refractivity (Wildman–Crippen MR) is 127 cm³/mol. The lowest BCUT2D eigenvalue weighted by atomic mass is 10.1. The van der Waals surface area contributed by atoms with Crippen molar-refractivity contribution in [3.05, 3.63) is 48.7 Å². The van der Waals surface area contributed by atoms with Crippen LogP contribution in [0.15, 0.2) is 48.7 Å². The van der Waals surface area contributed by atoms with E-state index in [1.165, 1.54) is 0 Å². The standard InChI is InChI=1S/C23H23N9O/c1-30-20-11-15(3-4-16(20)14-24-30)19-13-22(27-23(26-19)32-7-9-33-10-8-32)25-17-5-6-18-21(12-17)31(2)29-28-18/h3-6,11-14H,7-10H2,1-2H3,(H,25,26,27). The Hall–Kier alpha value is -4.05. The number of hydrogen-bond acceptors (Lipinski definition) is 8. The molecule has 0 aliphatic carbocycles. The molecule has 0 spiro atoms. The number of nitrogens with zero attached hydrogens (tertiary/aromatic N) is 8. The predicted octanol–water partition coefficient (Wildman–Crippen LogP) is 2.89. The third kappa shape index (κ3) is 3.64. The van der Waals surface area contributed by atoms with Crippen molar-refractivity contribution in [2.24, 2.45) is 14.1 Å². The molecule has 1 aliphatic heterocycles. The van der Waals surface area contributed by atoms with Crippen LogP contribution in [0.4, 0.5) is 17.5 Å². The lowest BCUT2D eigenvalue weighted by Gasteiger charge is -2.27. The zero-order valence-corrected chi connectivity index (χ0v) is 18.4. The van der Waals surface area contributed by atoms with Crippen molar-refractivity contribution in [3.63, 3.8) is 0 Å². The molecule has 1 aliphatic rings. The first-order chi connectivity index (χ1) is 16.1. The summed E-state index contributed by atoms with van der Waals surface area (Å²) in [7, 11) is 3.83. The highest BCUT2D eigenvalue weighted by Gasteiger charge is 2.17. The van der Waals surface area contributed by atoms with Crippen LogP contribution in [0.25, 0.3) is 33.2 Å². The Morgan fingerprint density at radius 1 is 0.909 bits per heavy atom. The lowest BCUT2D eigenvalue weighted by Crippen LogP contribution is -2.37. The molecule has 2 aromatic carbocycles. The van der Waals surface area contributed by atoms with E-state index in [1.54, 1.807) is 4.68 Å². The van der Waals surface area contributed by atoms with Crippen molar-refractivity contribution in [2.75, 3.05) is 36.5 Å². The first-order valence-electron chi connectivity index (χ1n) is 10.8. The minimum Gasteiger partial charge on any atom is -0.378 e. The molecule has 0 atom stereocenters. The molecule has 4 heterocycles. The second-order valence-corrected chi connectivity index (χ2v) is 8.12. The second-order valence-electron chi connectivity index (χ2n) is 8.12. The monoisotopic (exact) mass is 441 g/mol. The minimum atomic E-state index is 0.668. The fourth-order valence-corrected chi connectivity index (χ4v) is 4.11. The summed E-state index contributed by atoms with van der Waals surface area (Å²) in [6.07, 6.45) is 1.87. The summed E-state index contributed by atoms with van der Waals surface area (Å²) in [6, 6.07) is 14.2. The van der Waals surface area contributed by atoms with Gasteiger partial charge in [-0.2, -0.15) is 10.1 Å². The molecule has 0 saturated carbocycles. The van der Waals surface area contributed by atoms with Crippen molar-refractivity contribution < 1.29 is 4.74 Å². The van der Waals surface area contributed by atoms with Crippen molar-refractivity contribution in [1.29, 1.82) is 0 Å². The molecule has 6 rings (SSSR count). The van der Waals surface area contributed by atoms with Gasteiger partial charge in [0.1, 0.15) is 11.3 Å². The molecule has 5 aromatic rings. The van der Waals surface area contributed by atoms with E-state index in [0.717, 1.165) is 57.8 Å². The van der Waals surface area contributed by atoms with E-state index in [4.69, 9.17) is 14.7 Å². The molecule has 3 aromatic heterocycles. The number of aryl methyl sites for hydroxylation is 2. The number of morpholine rings is 1. The van der Waals surface area contributed by atoms with E-state index in [0.29, 0.717) is 19.2 Å². The first-order valence-corrected chi connectivity index (χ1v) is 10.8. The highest BCUT2D eigenvalue weighted by atomic mass is 16.5. The maximum absolute atomic E-state index is 5.52. The van der Waals surface area contributed by atoms with Gasteiger partial charge in [0.05, 0.1) is 36.1 Å². The molecule has 0 unspecified atom stereocenters. The van der Waals surface area contributed by atoms with E-state index >= 15 is 0 Å². The van der Waals surface area contributed by atoms with Crippen LogP contribution in [0.5, 0.6) is 0 Å². The Kier molecular flexibility index (Phi) is 4.65. The Morgan fingerprint density at radius 2 is 1.79 bits per heavy atom. The Labute approximate surface area is 189 Å². The van der Waals surface area contributed by atoms with E-state index in [-0.39, 0.29) is 0 Å². The van der Waals surface area contributed by atoms with E-state index in [1.807, 2.05) is 49.2 Å². The van der Waals surface area contributed by atoms with E-state index in [9.17, 15) is 0 Å². The van der Waals surface area contributed by atoms with Gasteiger partial charge in [-0.05, 0) is 24.3 Å². The first kappa shape index (κ1) is 19.6. The summed E-state index contributed by atoms with van der Waals surface area (Å²) in [6.45, 7) is 2.86. The van der Waals surface area contributed by atoms with Gasteiger partial charge in [-0.15, -0.1) is 5.10 Å². The largest absolute Gasteiger partial charge is 0.378 e. The summed E-state index contributed by atoms with van der Waals surface area (Å²) >= 11 is 0. The maximum Gasteiger partial charge on any atom is 0.228 e. The molecule has 1 N–H and O–H groups in total. The van der Waals surface area contributed by atoms with Crippen LogP contribution in [0.2, 0.25) is 0 Å². The third-order valence-corrected chi connectivity index (χ3v) is 5.94. The fraction of sp³-hybridized carbons (Fsp3) is 0.261. The molecular weight excluding hydrogens is 418 g/mol. The smallest absolute Gasteiger partial charge is 0.228 e. The second kappa shape index (κ2) is 7.82. The lowest BCUT2D eigenvalue weighted by molar-refractivity contribution is 0.122. The van der Waals surface area contributed by atoms with Gasteiger partial charge in [-0.3, -0.25) is 4.68 Å². The van der Waals surface area contributed by atoms with E-state index < -0.39 is 0 Å². The molecule has 0 amide bonds. The summed E-state index contributed by atoms with van der Waals surface area (Å²) in [4.78, 5) is 11.9. The summed E-state index contributed by atoms with van der Waals surface area (Å²) in [5, 5.41) is 17.2. The highest BCUT2D eigenvalue weighted by Crippen LogP contribution is 2.28. The highest BCUT2D eigenvalue weighted by molar-refractivity contribution is 5.84. The SMILES string of the molecule is Cn1ncc2ccc(-c3cc(Nc4ccc5nnn(C)c5c4)nc(N4CCOCC4)n3)cc21. The minimum absolute atomic E-state index is 0.668. The van der Waals surface area contributed by atoms with Crippen molar-refractivity contribution in [2.45, 2.75) is 0 Å². The van der Waals surface area contributed by atoms with Gasteiger partial charge in [-0.1, -0.05) is 17.3 Å². The van der Waals surface area contributed by atoms with Gasteiger partial charge < -0.3 is 15.0 Å². The number of rotatable bonds is 4. The van der Waals surface area contributed by atoms with Gasteiger partial charge in [0.2, 0.25) is 5.95 Å². The van der Waals surface area contributed by atoms with Gasteiger partial charge in [0.15, 0.2) is 0 Å². The van der Waals surface area contributed by atoms with Crippen LogP contribution in [0.3, 0.4) is 0 Å².